The Morgan fingerprint density at radius 3 is 2.48 bits per heavy atom. The second-order valence-corrected chi connectivity index (χ2v) is 7.54. The fourth-order valence-corrected chi connectivity index (χ4v) is 3.15. The predicted octanol–water partition coefficient (Wildman–Crippen LogP) is 4.62. The van der Waals surface area contributed by atoms with Crippen molar-refractivity contribution in [3.05, 3.63) is 58.6 Å². The van der Waals surface area contributed by atoms with Crippen molar-refractivity contribution in [2.24, 2.45) is 0 Å². The van der Waals surface area contributed by atoms with Crippen molar-refractivity contribution < 1.29 is 14.3 Å². The Hall–Kier alpha value is -1.98. The summed E-state index contributed by atoms with van der Waals surface area (Å²) in [6.45, 7) is 5.33. The third-order valence-electron chi connectivity index (χ3n) is 3.46. The molecule has 0 aliphatic carbocycles. The van der Waals surface area contributed by atoms with E-state index in [-0.39, 0.29) is 12.5 Å². The molecule has 0 bridgehead atoms. The normalized spacial score (nSPS) is 11.7. The number of nitrogens with one attached hydrogen (secondary N) is 1. The van der Waals surface area contributed by atoms with Crippen molar-refractivity contribution in [2.75, 3.05) is 11.9 Å². The third-order valence-corrected chi connectivity index (χ3v) is 4.80. The fraction of sp³-hybridized carbons (Fsp3) is 0.263. The van der Waals surface area contributed by atoms with Gasteiger partial charge in [0.1, 0.15) is 5.25 Å². The van der Waals surface area contributed by atoms with Crippen LogP contribution in [0.25, 0.3) is 0 Å². The van der Waals surface area contributed by atoms with E-state index in [0.717, 1.165) is 21.7 Å². The number of halogens is 1. The minimum atomic E-state index is -0.435. The lowest BCUT2D eigenvalue weighted by Gasteiger charge is -2.12. The predicted molar refractivity (Wildman–Crippen MR) is 102 cm³/mol. The van der Waals surface area contributed by atoms with Crippen LogP contribution in [0.2, 0.25) is 5.02 Å². The summed E-state index contributed by atoms with van der Waals surface area (Å²) in [5.74, 6) is -0.792. The van der Waals surface area contributed by atoms with E-state index >= 15 is 0 Å². The summed E-state index contributed by atoms with van der Waals surface area (Å²) in [5, 5.41) is 2.97. The number of esters is 1. The minimum Gasteiger partial charge on any atom is -0.455 e. The SMILES string of the molecule is Cc1ccc(NC(=O)COC(=O)[C@@H](C)Sc2ccc(Cl)cc2)c(C)c1. The molecule has 0 saturated carbocycles. The summed E-state index contributed by atoms with van der Waals surface area (Å²) in [7, 11) is 0. The van der Waals surface area contributed by atoms with E-state index in [1.807, 2.05) is 44.2 Å². The van der Waals surface area contributed by atoms with Gasteiger partial charge in [0.15, 0.2) is 6.61 Å². The molecule has 0 fully saturated rings. The minimum absolute atomic E-state index is 0.308. The highest BCUT2D eigenvalue weighted by Gasteiger charge is 2.17. The van der Waals surface area contributed by atoms with Gasteiger partial charge in [-0.2, -0.15) is 0 Å². The topological polar surface area (TPSA) is 55.4 Å². The van der Waals surface area contributed by atoms with E-state index in [1.54, 1.807) is 19.1 Å². The Morgan fingerprint density at radius 2 is 1.84 bits per heavy atom. The molecule has 0 aliphatic rings. The maximum atomic E-state index is 12.0. The number of rotatable bonds is 6. The van der Waals surface area contributed by atoms with Crippen LogP contribution in [0.5, 0.6) is 0 Å². The molecular weight excluding hydrogens is 358 g/mol. The van der Waals surface area contributed by atoms with Crippen LogP contribution < -0.4 is 5.32 Å². The number of carbonyl (C=O) groups excluding carboxylic acids is 2. The van der Waals surface area contributed by atoms with Gasteiger partial charge in [-0.25, -0.2) is 0 Å². The van der Waals surface area contributed by atoms with E-state index in [4.69, 9.17) is 16.3 Å². The third kappa shape index (κ3) is 6.11. The Kier molecular flexibility index (Phi) is 6.91. The van der Waals surface area contributed by atoms with Crippen LogP contribution in [0.4, 0.5) is 5.69 Å². The van der Waals surface area contributed by atoms with Gasteiger partial charge >= 0.3 is 5.97 Å². The first kappa shape index (κ1) is 19.3. The molecule has 1 amide bonds. The maximum Gasteiger partial charge on any atom is 0.319 e. The number of carbonyl (C=O) groups is 2. The fourth-order valence-electron chi connectivity index (χ4n) is 2.16. The lowest BCUT2D eigenvalue weighted by atomic mass is 10.1. The molecule has 132 valence electrons. The Labute approximate surface area is 156 Å². The van der Waals surface area contributed by atoms with Gasteiger partial charge in [0.05, 0.1) is 0 Å². The quantitative estimate of drug-likeness (QED) is 0.589. The Balaban J connectivity index is 1.82. The van der Waals surface area contributed by atoms with Crippen LogP contribution in [0.15, 0.2) is 47.4 Å². The first-order valence-corrected chi connectivity index (χ1v) is 9.07. The van der Waals surface area contributed by atoms with E-state index < -0.39 is 11.2 Å². The highest BCUT2D eigenvalue weighted by Crippen LogP contribution is 2.25. The monoisotopic (exact) mass is 377 g/mol. The van der Waals surface area contributed by atoms with E-state index in [2.05, 4.69) is 5.32 Å². The van der Waals surface area contributed by atoms with Crippen molar-refractivity contribution in [1.29, 1.82) is 0 Å². The molecule has 0 spiro atoms. The first-order chi connectivity index (χ1) is 11.8. The van der Waals surface area contributed by atoms with Crippen LogP contribution in [-0.2, 0) is 14.3 Å². The van der Waals surface area contributed by atoms with E-state index in [1.165, 1.54) is 11.8 Å². The molecular formula is C19H20ClNO3S. The number of amides is 1. The second kappa shape index (κ2) is 8.92. The molecule has 2 rings (SSSR count). The average molecular weight is 378 g/mol. The molecule has 0 saturated heterocycles. The van der Waals surface area contributed by atoms with Gasteiger partial charge in [-0.15, -0.1) is 11.8 Å². The van der Waals surface area contributed by atoms with Crippen LogP contribution in [0.1, 0.15) is 18.1 Å². The summed E-state index contributed by atoms with van der Waals surface area (Å²) in [6.07, 6.45) is 0. The second-order valence-electron chi connectivity index (χ2n) is 5.69. The number of anilines is 1. The van der Waals surface area contributed by atoms with Gasteiger partial charge in [-0.3, -0.25) is 9.59 Å². The zero-order valence-electron chi connectivity index (χ0n) is 14.3. The number of ether oxygens (including phenoxy) is 1. The summed E-state index contributed by atoms with van der Waals surface area (Å²) in [5.41, 5.74) is 2.80. The Morgan fingerprint density at radius 1 is 1.16 bits per heavy atom. The van der Waals surface area contributed by atoms with Gasteiger partial charge in [-0.1, -0.05) is 29.3 Å². The van der Waals surface area contributed by atoms with Crippen molar-refractivity contribution in [3.63, 3.8) is 0 Å². The van der Waals surface area contributed by atoms with Crippen molar-refractivity contribution >= 4 is 40.9 Å². The molecule has 2 aromatic carbocycles. The van der Waals surface area contributed by atoms with Crippen LogP contribution >= 0.6 is 23.4 Å². The van der Waals surface area contributed by atoms with E-state index in [9.17, 15) is 9.59 Å². The highest BCUT2D eigenvalue weighted by atomic mass is 35.5. The van der Waals surface area contributed by atoms with Gasteiger partial charge in [0.2, 0.25) is 0 Å². The highest BCUT2D eigenvalue weighted by molar-refractivity contribution is 8.00. The maximum absolute atomic E-state index is 12.0. The molecule has 0 heterocycles. The van der Waals surface area contributed by atoms with Crippen LogP contribution in [0, 0.1) is 13.8 Å². The summed E-state index contributed by atoms with van der Waals surface area (Å²) in [6, 6.07) is 12.9. The number of aryl methyl sites for hydroxylation is 2. The number of thioether (sulfide) groups is 1. The molecule has 4 nitrogen and oxygen atoms in total. The summed E-state index contributed by atoms with van der Waals surface area (Å²) < 4.78 is 5.10. The lowest BCUT2D eigenvalue weighted by Crippen LogP contribution is -2.25. The molecule has 0 radical (unpaired) electrons. The molecule has 0 aliphatic heterocycles. The van der Waals surface area contributed by atoms with E-state index in [0.29, 0.717) is 5.02 Å². The van der Waals surface area contributed by atoms with Gasteiger partial charge in [0, 0.05) is 15.6 Å². The van der Waals surface area contributed by atoms with Crippen molar-refractivity contribution in [3.8, 4) is 0 Å². The Bertz CT molecular complexity index is 762. The molecule has 1 atom stereocenters. The first-order valence-electron chi connectivity index (χ1n) is 7.81. The van der Waals surface area contributed by atoms with Gasteiger partial charge < -0.3 is 10.1 Å². The smallest absolute Gasteiger partial charge is 0.319 e. The van der Waals surface area contributed by atoms with Crippen molar-refractivity contribution in [2.45, 2.75) is 30.9 Å². The number of hydrogen-bond acceptors (Lipinski definition) is 4. The molecule has 1 N–H and O–H groups in total. The molecule has 0 unspecified atom stereocenters. The van der Waals surface area contributed by atoms with Gasteiger partial charge in [-0.05, 0) is 56.7 Å². The molecule has 25 heavy (non-hydrogen) atoms. The largest absolute Gasteiger partial charge is 0.455 e. The average Bonchev–Trinajstić information content (AvgIpc) is 2.57. The summed E-state index contributed by atoms with van der Waals surface area (Å²) in [4.78, 5) is 24.9. The zero-order valence-corrected chi connectivity index (χ0v) is 15.9. The number of benzene rings is 2. The molecule has 2 aromatic rings. The molecule has 6 heteroatoms. The lowest BCUT2D eigenvalue weighted by molar-refractivity contribution is -0.146. The standard InChI is InChI=1S/C19H20ClNO3S/c1-12-4-9-17(13(2)10-12)21-18(22)11-24-19(23)14(3)25-16-7-5-15(20)6-8-16/h4-10,14H,11H2,1-3H3,(H,21,22)/t14-/m1/s1. The van der Waals surface area contributed by atoms with Crippen LogP contribution in [-0.4, -0.2) is 23.7 Å². The van der Waals surface area contributed by atoms with Crippen molar-refractivity contribution in [1.82, 2.24) is 0 Å². The zero-order chi connectivity index (χ0) is 18.4. The number of hydrogen-bond donors (Lipinski definition) is 1. The summed E-state index contributed by atoms with van der Waals surface area (Å²) >= 11 is 7.19. The van der Waals surface area contributed by atoms with Gasteiger partial charge in [0.25, 0.3) is 5.91 Å². The molecule has 0 aromatic heterocycles. The van der Waals surface area contributed by atoms with Crippen LogP contribution in [0.3, 0.4) is 0 Å².